The Morgan fingerprint density at radius 3 is 2.56 bits per heavy atom. The first kappa shape index (κ1) is 17.7. The number of hydrogen-bond donors (Lipinski definition) is 0. The highest BCUT2D eigenvalue weighted by molar-refractivity contribution is 5.87. The van der Waals surface area contributed by atoms with E-state index in [0.29, 0.717) is 23.2 Å². The summed E-state index contributed by atoms with van der Waals surface area (Å²) < 4.78 is 7.97. The van der Waals surface area contributed by atoms with Gasteiger partial charge in [0.2, 0.25) is 0 Å². The number of ether oxygens (including phenoxy) is 1. The zero-order chi connectivity index (χ0) is 18.5. The summed E-state index contributed by atoms with van der Waals surface area (Å²) in [5, 5.41) is 0. The fraction of sp³-hybridized carbons (Fsp3) is 0.632. The first-order valence-electron chi connectivity index (χ1n) is 8.78. The number of fused-ring (bicyclic) bond motifs is 2. The summed E-state index contributed by atoms with van der Waals surface area (Å²) in [6, 6.07) is 0. The smallest absolute Gasteiger partial charge is 0.331 e. The van der Waals surface area contributed by atoms with E-state index in [1.807, 2.05) is 0 Å². The molecule has 6 nitrogen and oxygen atoms in total. The van der Waals surface area contributed by atoms with E-state index in [-0.39, 0.29) is 11.7 Å². The van der Waals surface area contributed by atoms with Gasteiger partial charge < -0.3 is 9.30 Å². The molecule has 1 aromatic rings. The van der Waals surface area contributed by atoms with Gasteiger partial charge in [-0.25, -0.2) is 9.59 Å². The van der Waals surface area contributed by atoms with Crippen LogP contribution in [-0.2, 0) is 23.6 Å². The molecule has 0 radical (unpaired) electrons. The van der Waals surface area contributed by atoms with Crippen LogP contribution >= 0.6 is 0 Å². The normalized spacial score (nSPS) is 30.1. The molecule has 0 unspecified atom stereocenters. The zero-order valence-electron chi connectivity index (χ0n) is 15.5. The van der Waals surface area contributed by atoms with Crippen molar-refractivity contribution in [1.82, 2.24) is 9.13 Å². The van der Waals surface area contributed by atoms with E-state index in [2.05, 4.69) is 20.8 Å². The fourth-order valence-corrected chi connectivity index (χ4v) is 4.55. The van der Waals surface area contributed by atoms with Gasteiger partial charge in [-0.3, -0.25) is 9.36 Å². The molecule has 0 spiro atoms. The molecule has 2 bridgehead atoms. The van der Waals surface area contributed by atoms with Crippen molar-refractivity contribution in [2.75, 3.05) is 0 Å². The highest BCUT2D eigenvalue weighted by atomic mass is 16.5. The molecule has 1 heterocycles. The third-order valence-electron chi connectivity index (χ3n) is 6.42. The molecule has 6 heteroatoms. The lowest BCUT2D eigenvalue weighted by molar-refractivity contribution is -0.182. The summed E-state index contributed by atoms with van der Waals surface area (Å²) >= 11 is 0. The van der Waals surface area contributed by atoms with Gasteiger partial charge >= 0.3 is 11.7 Å². The van der Waals surface area contributed by atoms with E-state index in [1.165, 1.54) is 36.4 Å². The fourth-order valence-electron chi connectivity index (χ4n) is 4.55. The number of rotatable bonds is 3. The highest BCUT2D eigenvalue weighted by Crippen LogP contribution is 2.61. The number of carbonyl (C=O) groups is 1. The summed E-state index contributed by atoms with van der Waals surface area (Å²) in [5.74, 6) is 1.13. The van der Waals surface area contributed by atoms with E-state index in [9.17, 15) is 14.4 Å². The Morgan fingerprint density at radius 1 is 1.28 bits per heavy atom. The predicted molar refractivity (Wildman–Crippen MR) is 95.0 cm³/mol. The minimum atomic E-state index is -0.438. The topological polar surface area (TPSA) is 70.3 Å². The Hall–Kier alpha value is -2.11. The van der Waals surface area contributed by atoms with E-state index in [4.69, 9.17) is 4.74 Å². The number of nitrogens with zero attached hydrogens (tertiary/aromatic N) is 2. The lowest BCUT2D eigenvalue weighted by atomic mass is 9.45. The van der Waals surface area contributed by atoms with Crippen molar-refractivity contribution < 1.29 is 9.53 Å². The molecule has 4 rings (SSSR count). The molecular formula is C19H26N2O4. The van der Waals surface area contributed by atoms with Gasteiger partial charge in [0.05, 0.1) is 5.56 Å². The first-order chi connectivity index (χ1) is 11.6. The van der Waals surface area contributed by atoms with Crippen LogP contribution in [0.1, 0.15) is 39.2 Å². The van der Waals surface area contributed by atoms with Crippen molar-refractivity contribution in [2.45, 2.75) is 39.7 Å². The second-order valence-corrected chi connectivity index (χ2v) is 8.11. The summed E-state index contributed by atoms with van der Waals surface area (Å²) in [6.07, 6.45) is 6.20. The quantitative estimate of drug-likeness (QED) is 0.617. The van der Waals surface area contributed by atoms with Crippen LogP contribution in [0.3, 0.4) is 0 Å². The zero-order valence-corrected chi connectivity index (χ0v) is 15.5. The second kappa shape index (κ2) is 6.00. The van der Waals surface area contributed by atoms with Crippen molar-refractivity contribution in [2.24, 2.45) is 37.3 Å². The van der Waals surface area contributed by atoms with E-state index in [0.717, 1.165) is 11.0 Å². The Labute approximate surface area is 147 Å². The Bertz CT molecular complexity index is 846. The molecule has 3 aliphatic carbocycles. The van der Waals surface area contributed by atoms with Gasteiger partial charge in [0.15, 0.2) is 0 Å². The number of hydrogen-bond acceptors (Lipinski definition) is 4. The van der Waals surface area contributed by atoms with Crippen molar-refractivity contribution >= 4 is 12.0 Å². The third-order valence-corrected chi connectivity index (χ3v) is 6.42. The first-order valence-corrected chi connectivity index (χ1v) is 8.78. The Balaban J connectivity index is 1.69. The van der Waals surface area contributed by atoms with Gasteiger partial charge in [0.1, 0.15) is 6.10 Å². The highest BCUT2D eigenvalue weighted by Gasteiger charge is 2.57. The lowest BCUT2D eigenvalue weighted by Crippen LogP contribution is -2.57. The molecule has 25 heavy (non-hydrogen) atoms. The number of carbonyl (C=O) groups excluding carboxylic acids is 1. The molecule has 0 N–H and O–H groups in total. The van der Waals surface area contributed by atoms with Crippen LogP contribution in [-0.4, -0.2) is 21.2 Å². The number of aryl methyl sites for hydroxylation is 1. The van der Waals surface area contributed by atoms with Crippen LogP contribution in [0, 0.1) is 23.2 Å². The molecule has 0 saturated heterocycles. The van der Waals surface area contributed by atoms with E-state index >= 15 is 0 Å². The third kappa shape index (κ3) is 2.87. The molecule has 3 fully saturated rings. The Morgan fingerprint density at radius 2 is 1.96 bits per heavy atom. The summed E-state index contributed by atoms with van der Waals surface area (Å²) in [5.41, 5.74) is -0.204. The maximum Gasteiger partial charge on any atom is 0.331 e. The van der Waals surface area contributed by atoms with Crippen molar-refractivity contribution in [1.29, 1.82) is 0 Å². The molecule has 1 aromatic heterocycles. The van der Waals surface area contributed by atoms with Crippen molar-refractivity contribution in [3.8, 4) is 0 Å². The van der Waals surface area contributed by atoms with E-state index < -0.39 is 17.2 Å². The average molecular weight is 346 g/mol. The maximum atomic E-state index is 12.2. The molecule has 4 atom stereocenters. The average Bonchev–Trinajstić information content (AvgIpc) is 2.56. The van der Waals surface area contributed by atoms with Gasteiger partial charge in [-0.05, 0) is 42.1 Å². The summed E-state index contributed by atoms with van der Waals surface area (Å²) in [7, 11) is 2.98. The summed E-state index contributed by atoms with van der Waals surface area (Å²) in [6.45, 7) is 6.76. The van der Waals surface area contributed by atoms with Gasteiger partial charge in [0, 0.05) is 26.4 Å². The lowest BCUT2D eigenvalue weighted by Gasteiger charge is -2.61. The van der Waals surface area contributed by atoms with Crippen LogP contribution in [0.2, 0.25) is 0 Å². The van der Waals surface area contributed by atoms with Gasteiger partial charge in [-0.15, -0.1) is 0 Å². The minimum absolute atomic E-state index is 0.0584. The van der Waals surface area contributed by atoms with Crippen LogP contribution in [0.25, 0.3) is 6.08 Å². The summed E-state index contributed by atoms with van der Waals surface area (Å²) in [4.78, 5) is 35.9. The molecular weight excluding hydrogens is 320 g/mol. The molecule has 0 aliphatic heterocycles. The minimum Gasteiger partial charge on any atom is -0.459 e. The SMILES string of the molecule is C[C@H]1[C@H]2C[C@H](C[C@H]1OC(=O)/C=C\c1cn(C)c(=O)n(C)c1=O)C2(C)C. The molecule has 136 valence electrons. The van der Waals surface area contributed by atoms with Crippen LogP contribution in [0.5, 0.6) is 0 Å². The van der Waals surface area contributed by atoms with Gasteiger partial charge in [0.25, 0.3) is 5.56 Å². The second-order valence-electron chi connectivity index (χ2n) is 8.11. The Kier molecular flexibility index (Phi) is 4.25. The van der Waals surface area contributed by atoms with Crippen LogP contribution < -0.4 is 11.2 Å². The monoisotopic (exact) mass is 346 g/mol. The molecule has 0 aromatic carbocycles. The molecule has 3 aliphatic rings. The van der Waals surface area contributed by atoms with E-state index in [1.54, 1.807) is 7.05 Å². The molecule has 3 saturated carbocycles. The maximum absolute atomic E-state index is 12.2. The van der Waals surface area contributed by atoms with Gasteiger partial charge in [-0.2, -0.15) is 0 Å². The van der Waals surface area contributed by atoms with Crippen LogP contribution in [0.4, 0.5) is 0 Å². The van der Waals surface area contributed by atoms with Crippen LogP contribution in [0.15, 0.2) is 21.9 Å². The molecule has 0 amide bonds. The van der Waals surface area contributed by atoms with Gasteiger partial charge in [-0.1, -0.05) is 20.8 Å². The predicted octanol–water partition coefficient (Wildman–Crippen LogP) is 1.71. The standard InChI is InChI=1S/C19H26N2O4/c1-11-14-8-13(19(14,2)3)9-15(11)25-16(22)7-6-12-10-20(4)18(24)21(5)17(12)23/h6-7,10-11,13-15H,8-9H2,1-5H3/b7-6-/t11-,13+,14+,15+/m0/s1. The number of aromatic nitrogens is 2. The largest absolute Gasteiger partial charge is 0.459 e. The van der Waals surface area contributed by atoms with Crippen molar-refractivity contribution in [3.63, 3.8) is 0 Å². The van der Waals surface area contributed by atoms with Crippen molar-refractivity contribution in [3.05, 3.63) is 38.7 Å². The number of esters is 1.